The molecule has 1 saturated heterocycles. The zero-order valence-electron chi connectivity index (χ0n) is 11.8. The Balaban J connectivity index is 1.71. The van der Waals surface area contributed by atoms with Gasteiger partial charge in [-0.25, -0.2) is 4.98 Å². The van der Waals surface area contributed by atoms with Crippen molar-refractivity contribution < 1.29 is 0 Å². The Labute approximate surface area is 119 Å². The SMILES string of the molecule is CNc1cccc(Nc2ccc(N3CCCC3)cc2)n1. The molecule has 3 rings (SSSR count). The molecule has 1 aromatic carbocycles. The van der Waals surface area contributed by atoms with E-state index in [4.69, 9.17) is 0 Å². The van der Waals surface area contributed by atoms with Crippen molar-refractivity contribution in [1.29, 1.82) is 0 Å². The number of pyridine rings is 1. The van der Waals surface area contributed by atoms with Gasteiger partial charge in [0.05, 0.1) is 0 Å². The van der Waals surface area contributed by atoms with Crippen molar-refractivity contribution in [2.24, 2.45) is 0 Å². The van der Waals surface area contributed by atoms with Gasteiger partial charge in [-0.05, 0) is 49.2 Å². The van der Waals surface area contributed by atoms with Crippen LogP contribution in [0.15, 0.2) is 42.5 Å². The lowest BCUT2D eigenvalue weighted by molar-refractivity contribution is 0.949. The molecule has 2 N–H and O–H groups in total. The molecular weight excluding hydrogens is 248 g/mol. The van der Waals surface area contributed by atoms with Gasteiger partial charge in [-0.15, -0.1) is 0 Å². The molecule has 0 amide bonds. The lowest BCUT2D eigenvalue weighted by Crippen LogP contribution is -2.17. The topological polar surface area (TPSA) is 40.2 Å². The van der Waals surface area contributed by atoms with Crippen molar-refractivity contribution in [3.8, 4) is 0 Å². The van der Waals surface area contributed by atoms with Gasteiger partial charge in [-0.3, -0.25) is 0 Å². The molecule has 0 aliphatic carbocycles. The Morgan fingerprint density at radius 1 is 0.950 bits per heavy atom. The fourth-order valence-electron chi connectivity index (χ4n) is 2.52. The molecule has 4 nitrogen and oxygen atoms in total. The highest BCUT2D eigenvalue weighted by Crippen LogP contribution is 2.23. The quantitative estimate of drug-likeness (QED) is 0.891. The molecule has 0 atom stereocenters. The third-order valence-corrected chi connectivity index (χ3v) is 3.62. The van der Waals surface area contributed by atoms with Crippen LogP contribution in [0.5, 0.6) is 0 Å². The zero-order chi connectivity index (χ0) is 13.8. The second-order valence-electron chi connectivity index (χ2n) is 5.02. The fraction of sp³-hybridized carbons (Fsp3) is 0.312. The largest absolute Gasteiger partial charge is 0.373 e. The van der Waals surface area contributed by atoms with Crippen LogP contribution in [0.2, 0.25) is 0 Å². The van der Waals surface area contributed by atoms with Crippen LogP contribution in [-0.4, -0.2) is 25.1 Å². The molecule has 0 spiro atoms. The van der Waals surface area contributed by atoms with Crippen molar-refractivity contribution >= 4 is 23.0 Å². The van der Waals surface area contributed by atoms with Gasteiger partial charge in [0.25, 0.3) is 0 Å². The molecule has 1 aromatic heterocycles. The summed E-state index contributed by atoms with van der Waals surface area (Å²) < 4.78 is 0. The monoisotopic (exact) mass is 268 g/mol. The van der Waals surface area contributed by atoms with Crippen molar-refractivity contribution in [2.75, 3.05) is 35.7 Å². The maximum absolute atomic E-state index is 4.45. The lowest BCUT2D eigenvalue weighted by atomic mass is 10.2. The van der Waals surface area contributed by atoms with Gasteiger partial charge in [-0.2, -0.15) is 0 Å². The number of hydrogen-bond donors (Lipinski definition) is 2. The normalized spacial score (nSPS) is 14.3. The number of nitrogens with zero attached hydrogens (tertiary/aromatic N) is 2. The summed E-state index contributed by atoms with van der Waals surface area (Å²) in [5, 5.41) is 6.37. The summed E-state index contributed by atoms with van der Waals surface area (Å²) in [5.41, 5.74) is 2.37. The third kappa shape index (κ3) is 2.85. The number of anilines is 4. The van der Waals surface area contributed by atoms with Gasteiger partial charge in [0.15, 0.2) is 0 Å². The maximum atomic E-state index is 4.45. The molecule has 2 aromatic rings. The average Bonchev–Trinajstić information content (AvgIpc) is 3.02. The number of nitrogens with one attached hydrogen (secondary N) is 2. The summed E-state index contributed by atoms with van der Waals surface area (Å²) in [7, 11) is 1.87. The Morgan fingerprint density at radius 2 is 1.65 bits per heavy atom. The van der Waals surface area contributed by atoms with Crippen molar-refractivity contribution in [3.05, 3.63) is 42.5 Å². The van der Waals surface area contributed by atoms with Crippen molar-refractivity contribution in [1.82, 2.24) is 4.98 Å². The molecule has 104 valence electrons. The molecule has 0 saturated carbocycles. The summed E-state index contributed by atoms with van der Waals surface area (Å²) in [4.78, 5) is 6.89. The van der Waals surface area contributed by atoms with Gasteiger partial charge >= 0.3 is 0 Å². The first-order chi connectivity index (χ1) is 9.85. The summed E-state index contributed by atoms with van der Waals surface area (Å²) in [6.45, 7) is 2.36. The van der Waals surface area contributed by atoms with Gasteiger partial charge in [0.1, 0.15) is 11.6 Å². The highest BCUT2D eigenvalue weighted by molar-refractivity contribution is 5.62. The highest BCUT2D eigenvalue weighted by atomic mass is 15.1. The van der Waals surface area contributed by atoms with Crippen LogP contribution in [0, 0.1) is 0 Å². The summed E-state index contributed by atoms with van der Waals surface area (Å²) >= 11 is 0. The van der Waals surface area contributed by atoms with E-state index in [2.05, 4.69) is 44.8 Å². The van der Waals surface area contributed by atoms with Crippen LogP contribution < -0.4 is 15.5 Å². The molecule has 20 heavy (non-hydrogen) atoms. The molecule has 1 fully saturated rings. The van der Waals surface area contributed by atoms with Crippen LogP contribution in [0.25, 0.3) is 0 Å². The lowest BCUT2D eigenvalue weighted by Gasteiger charge is -2.18. The number of hydrogen-bond acceptors (Lipinski definition) is 4. The first-order valence-electron chi connectivity index (χ1n) is 7.12. The Hall–Kier alpha value is -2.23. The fourth-order valence-corrected chi connectivity index (χ4v) is 2.52. The molecule has 1 aliphatic heterocycles. The second-order valence-corrected chi connectivity index (χ2v) is 5.02. The van der Waals surface area contributed by atoms with Gasteiger partial charge in [0, 0.05) is 31.5 Å². The predicted octanol–water partition coefficient (Wildman–Crippen LogP) is 3.47. The molecular formula is C16H20N4. The molecule has 2 heterocycles. The molecule has 0 bridgehead atoms. The van der Waals surface area contributed by atoms with Gasteiger partial charge < -0.3 is 15.5 Å². The zero-order valence-corrected chi connectivity index (χ0v) is 11.8. The maximum Gasteiger partial charge on any atom is 0.132 e. The first kappa shape index (κ1) is 12.8. The summed E-state index contributed by atoms with van der Waals surface area (Å²) in [6, 6.07) is 14.5. The second kappa shape index (κ2) is 5.82. The van der Waals surface area contributed by atoms with E-state index < -0.39 is 0 Å². The summed E-state index contributed by atoms with van der Waals surface area (Å²) in [6.07, 6.45) is 2.61. The minimum atomic E-state index is 0.853. The first-order valence-corrected chi connectivity index (χ1v) is 7.12. The van der Waals surface area contributed by atoms with Crippen LogP contribution in [-0.2, 0) is 0 Å². The number of aromatic nitrogens is 1. The van der Waals surface area contributed by atoms with E-state index in [1.54, 1.807) is 0 Å². The standard InChI is InChI=1S/C16H20N4/c1-17-15-5-4-6-16(19-15)18-13-7-9-14(10-8-13)20-11-2-3-12-20/h4-10H,2-3,11-12H2,1H3,(H2,17,18,19). The van der Waals surface area contributed by atoms with E-state index in [1.165, 1.54) is 31.6 Å². The van der Waals surface area contributed by atoms with Gasteiger partial charge in [-0.1, -0.05) is 6.07 Å². The van der Waals surface area contributed by atoms with E-state index in [9.17, 15) is 0 Å². The van der Waals surface area contributed by atoms with Crippen molar-refractivity contribution in [2.45, 2.75) is 12.8 Å². The van der Waals surface area contributed by atoms with E-state index in [-0.39, 0.29) is 0 Å². The third-order valence-electron chi connectivity index (χ3n) is 3.62. The Morgan fingerprint density at radius 3 is 2.35 bits per heavy atom. The molecule has 4 heteroatoms. The van der Waals surface area contributed by atoms with Crippen LogP contribution >= 0.6 is 0 Å². The number of benzene rings is 1. The highest BCUT2D eigenvalue weighted by Gasteiger charge is 2.11. The van der Waals surface area contributed by atoms with Crippen LogP contribution in [0.1, 0.15) is 12.8 Å². The van der Waals surface area contributed by atoms with E-state index in [1.807, 2.05) is 25.2 Å². The minimum Gasteiger partial charge on any atom is -0.373 e. The van der Waals surface area contributed by atoms with E-state index in [0.717, 1.165) is 17.3 Å². The Bertz CT molecular complexity index is 559. The van der Waals surface area contributed by atoms with Crippen LogP contribution in [0.4, 0.5) is 23.0 Å². The predicted molar refractivity (Wildman–Crippen MR) is 85.0 cm³/mol. The molecule has 0 radical (unpaired) electrons. The van der Waals surface area contributed by atoms with Crippen LogP contribution in [0.3, 0.4) is 0 Å². The average molecular weight is 268 g/mol. The summed E-state index contributed by atoms with van der Waals surface area (Å²) in [5.74, 6) is 1.72. The number of rotatable bonds is 4. The van der Waals surface area contributed by atoms with E-state index in [0.29, 0.717) is 0 Å². The molecule has 0 unspecified atom stereocenters. The van der Waals surface area contributed by atoms with E-state index >= 15 is 0 Å². The smallest absolute Gasteiger partial charge is 0.132 e. The molecule has 1 aliphatic rings. The van der Waals surface area contributed by atoms with Gasteiger partial charge in [0.2, 0.25) is 0 Å². The minimum absolute atomic E-state index is 0.853. The Kier molecular flexibility index (Phi) is 3.72. The van der Waals surface area contributed by atoms with Crippen molar-refractivity contribution in [3.63, 3.8) is 0 Å².